The third-order valence-electron chi connectivity index (χ3n) is 4.91. The van der Waals surface area contributed by atoms with Crippen LogP contribution in [-0.2, 0) is 11.2 Å². The van der Waals surface area contributed by atoms with E-state index >= 15 is 0 Å². The molecule has 1 unspecified atom stereocenters. The van der Waals surface area contributed by atoms with Gasteiger partial charge in [-0.15, -0.1) is 0 Å². The highest BCUT2D eigenvalue weighted by Gasteiger charge is 2.19. The smallest absolute Gasteiger partial charge is 0.407 e. The summed E-state index contributed by atoms with van der Waals surface area (Å²) in [4.78, 5) is 16.8. The van der Waals surface area contributed by atoms with Crippen LogP contribution in [0.3, 0.4) is 0 Å². The molecule has 3 rings (SSSR count). The molecule has 30 heavy (non-hydrogen) atoms. The number of ether oxygens (including phenoxy) is 1. The van der Waals surface area contributed by atoms with Crippen molar-refractivity contribution >= 4 is 11.7 Å². The van der Waals surface area contributed by atoms with Crippen molar-refractivity contribution in [3.05, 3.63) is 59.9 Å². The first kappa shape index (κ1) is 21.8. The van der Waals surface area contributed by atoms with Crippen LogP contribution in [0, 0.1) is 0 Å². The first-order chi connectivity index (χ1) is 14.2. The summed E-state index contributed by atoms with van der Waals surface area (Å²) in [6.45, 7) is 9.36. The summed E-state index contributed by atoms with van der Waals surface area (Å²) >= 11 is 0. The molecule has 3 aromatic rings. The van der Waals surface area contributed by atoms with Crippen molar-refractivity contribution in [1.29, 1.82) is 0 Å². The average Bonchev–Trinajstić information content (AvgIpc) is 3.10. The Morgan fingerprint density at radius 2 is 1.93 bits per heavy atom. The summed E-state index contributed by atoms with van der Waals surface area (Å²) in [6, 6.07) is 12.0. The number of hydrogen-bond acceptors (Lipinski definition) is 4. The number of benzene rings is 1. The van der Waals surface area contributed by atoms with E-state index in [2.05, 4.69) is 17.4 Å². The molecule has 6 heteroatoms. The average molecular weight is 410 g/mol. The van der Waals surface area contributed by atoms with Crippen LogP contribution in [0.4, 0.5) is 4.79 Å². The Bertz CT molecular complexity index is 1000. The van der Waals surface area contributed by atoms with Gasteiger partial charge in [-0.3, -0.25) is 0 Å². The number of nitrogens with one attached hydrogen (secondary N) is 1. The van der Waals surface area contributed by atoms with Gasteiger partial charge in [0, 0.05) is 29.6 Å². The van der Waals surface area contributed by atoms with Crippen LogP contribution in [-0.4, -0.2) is 32.2 Å². The zero-order valence-electron chi connectivity index (χ0n) is 18.3. The van der Waals surface area contributed by atoms with Crippen molar-refractivity contribution in [3.63, 3.8) is 0 Å². The number of fused-ring (bicyclic) bond motifs is 1. The zero-order valence-corrected chi connectivity index (χ0v) is 18.3. The number of carbonyl (C=O) groups is 1. The van der Waals surface area contributed by atoms with E-state index in [0.717, 1.165) is 40.9 Å². The van der Waals surface area contributed by atoms with Gasteiger partial charge in [-0.1, -0.05) is 37.3 Å². The lowest BCUT2D eigenvalue weighted by atomic mass is 10.0. The summed E-state index contributed by atoms with van der Waals surface area (Å²) in [6.07, 6.45) is 4.48. The Morgan fingerprint density at radius 3 is 2.53 bits per heavy atom. The highest BCUT2D eigenvalue weighted by atomic mass is 16.6. The van der Waals surface area contributed by atoms with Gasteiger partial charge < -0.3 is 19.6 Å². The molecular weight excluding hydrogens is 378 g/mol. The second-order valence-electron chi connectivity index (χ2n) is 8.65. The fourth-order valence-electron chi connectivity index (χ4n) is 3.37. The molecule has 160 valence electrons. The second kappa shape index (κ2) is 8.88. The maximum absolute atomic E-state index is 12.1. The van der Waals surface area contributed by atoms with E-state index in [1.165, 1.54) is 0 Å². The molecule has 0 bridgehead atoms. The predicted molar refractivity (Wildman–Crippen MR) is 118 cm³/mol. The molecule has 2 atom stereocenters. The summed E-state index contributed by atoms with van der Waals surface area (Å²) < 4.78 is 7.30. The van der Waals surface area contributed by atoms with Crippen molar-refractivity contribution in [2.75, 3.05) is 0 Å². The summed E-state index contributed by atoms with van der Waals surface area (Å²) in [5.41, 5.74) is 4.06. The largest absolute Gasteiger partial charge is 0.444 e. The van der Waals surface area contributed by atoms with Crippen molar-refractivity contribution in [2.24, 2.45) is 0 Å². The number of alkyl carbamates (subject to hydrolysis) is 1. The second-order valence-corrected chi connectivity index (χ2v) is 8.65. The van der Waals surface area contributed by atoms with E-state index in [4.69, 9.17) is 9.72 Å². The Kier molecular flexibility index (Phi) is 6.46. The molecule has 0 aliphatic rings. The van der Waals surface area contributed by atoms with Crippen molar-refractivity contribution in [3.8, 4) is 11.3 Å². The van der Waals surface area contributed by atoms with Crippen LogP contribution in [0.5, 0.6) is 0 Å². The first-order valence-electron chi connectivity index (χ1n) is 10.4. The third-order valence-corrected chi connectivity index (χ3v) is 4.91. The van der Waals surface area contributed by atoms with Crippen LogP contribution < -0.4 is 5.32 Å². The highest BCUT2D eigenvalue weighted by Crippen LogP contribution is 2.24. The predicted octanol–water partition coefficient (Wildman–Crippen LogP) is 4.90. The molecule has 0 aliphatic heterocycles. The quantitative estimate of drug-likeness (QED) is 0.607. The Hall–Kier alpha value is -2.86. The van der Waals surface area contributed by atoms with Crippen molar-refractivity contribution < 1.29 is 14.6 Å². The molecule has 2 heterocycles. The summed E-state index contributed by atoms with van der Waals surface area (Å²) in [7, 11) is 0. The monoisotopic (exact) mass is 409 g/mol. The van der Waals surface area contributed by atoms with Gasteiger partial charge in [-0.25, -0.2) is 9.78 Å². The molecule has 0 aliphatic carbocycles. The van der Waals surface area contributed by atoms with Crippen LogP contribution in [0.1, 0.15) is 58.3 Å². The van der Waals surface area contributed by atoms with E-state index < -0.39 is 11.7 Å². The van der Waals surface area contributed by atoms with Gasteiger partial charge in [0.2, 0.25) is 0 Å². The Morgan fingerprint density at radius 1 is 1.23 bits per heavy atom. The molecule has 0 radical (unpaired) electrons. The minimum Gasteiger partial charge on any atom is -0.444 e. The minimum atomic E-state index is -0.574. The fourth-order valence-corrected chi connectivity index (χ4v) is 3.37. The number of pyridine rings is 1. The number of amides is 1. The molecule has 1 amide bonds. The molecule has 6 nitrogen and oxygen atoms in total. The van der Waals surface area contributed by atoms with E-state index in [-0.39, 0.29) is 12.1 Å². The van der Waals surface area contributed by atoms with Crippen LogP contribution >= 0.6 is 0 Å². The molecule has 0 saturated heterocycles. The fraction of sp³-hybridized carbons (Fsp3) is 0.417. The van der Waals surface area contributed by atoms with E-state index in [1.807, 2.05) is 68.8 Å². The van der Waals surface area contributed by atoms with Gasteiger partial charge >= 0.3 is 6.09 Å². The normalized spacial score (nSPS) is 13.8. The highest BCUT2D eigenvalue weighted by molar-refractivity contribution is 5.68. The molecule has 1 aromatic carbocycles. The molecule has 2 N–H and O–H groups in total. The number of aliphatic hydroxyl groups excluding tert-OH is 1. The van der Waals surface area contributed by atoms with Gasteiger partial charge in [0.25, 0.3) is 0 Å². The van der Waals surface area contributed by atoms with Crippen molar-refractivity contribution in [1.82, 2.24) is 14.7 Å². The first-order valence-corrected chi connectivity index (χ1v) is 10.4. The lowest BCUT2D eigenvalue weighted by Gasteiger charge is -2.23. The summed E-state index contributed by atoms with van der Waals surface area (Å²) in [5, 5.41) is 12.9. The zero-order chi connectivity index (χ0) is 21.9. The molecule has 0 saturated carbocycles. The SMILES string of the molecule is CC[C@H](Cc1ccc(-c2cn3cccc(C(C)O)c3n2)cc1)NC(=O)OC(C)(C)C. The number of aliphatic hydroxyl groups is 1. The van der Waals surface area contributed by atoms with Gasteiger partial charge in [0.1, 0.15) is 11.2 Å². The Labute approximate surface area is 177 Å². The summed E-state index contributed by atoms with van der Waals surface area (Å²) in [5.74, 6) is 0. The van der Waals surface area contributed by atoms with Gasteiger partial charge in [0.05, 0.1) is 11.8 Å². The number of carbonyl (C=O) groups excluding carboxylic acids is 1. The third kappa shape index (κ3) is 5.39. The lowest BCUT2D eigenvalue weighted by molar-refractivity contribution is 0.0503. The minimum absolute atomic E-state index is 0.00879. The molecule has 2 aromatic heterocycles. The van der Waals surface area contributed by atoms with Crippen LogP contribution in [0.15, 0.2) is 48.8 Å². The van der Waals surface area contributed by atoms with Crippen LogP contribution in [0.2, 0.25) is 0 Å². The molecule has 0 spiro atoms. The van der Waals surface area contributed by atoms with Gasteiger partial charge in [0.15, 0.2) is 0 Å². The molecule has 0 fully saturated rings. The van der Waals surface area contributed by atoms with Crippen molar-refractivity contribution in [2.45, 2.75) is 65.2 Å². The van der Waals surface area contributed by atoms with Crippen LogP contribution in [0.25, 0.3) is 16.9 Å². The number of nitrogens with zero attached hydrogens (tertiary/aromatic N) is 2. The standard InChI is InChI=1S/C24H31N3O3/c1-6-19(25-23(29)30-24(3,4)5)14-17-9-11-18(12-10-17)21-15-27-13-7-8-20(16(2)28)22(27)26-21/h7-13,15-16,19,28H,6,14H2,1-5H3,(H,25,29)/t16?,19-/m1/s1. The number of aromatic nitrogens is 2. The van der Waals surface area contributed by atoms with E-state index in [1.54, 1.807) is 6.92 Å². The number of imidazole rings is 1. The number of rotatable bonds is 6. The van der Waals surface area contributed by atoms with Gasteiger partial charge in [-0.2, -0.15) is 0 Å². The lowest BCUT2D eigenvalue weighted by Crippen LogP contribution is -2.39. The topological polar surface area (TPSA) is 75.9 Å². The number of hydrogen-bond donors (Lipinski definition) is 2. The maximum Gasteiger partial charge on any atom is 0.407 e. The maximum atomic E-state index is 12.1. The van der Waals surface area contributed by atoms with E-state index in [9.17, 15) is 9.90 Å². The van der Waals surface area contributed by atoms with Gasteiger partial charge in [-0.05, 0) is 52.2 Å². The Balaban J connectivity index is 1.72. The molecular formula is C24H31N3O3. The van der Waals surface area contributed by atoms with E-state index in [0.29, 0.717) is 0 Å².